The number of aryl methyl sites for hydroxylation is 1. The molecule has 5 nitrogen and oxygen atoms in total. The maximum Gasteiger partial charge on any atom is 0.412 e. The van der Waals surface area contributed by atoms with Crippen molar-refractivity contribution >= 4 is 29.6 Å². The van der Waals surface area contributed by atoms with Crippen molar-refractivity contribution in [3.63, 3.8) is 0 Å². The molecule has 4 aromatic rings. The third-order valence-corrected chi connectivity index (χ3v) is 7.05. The van der Waals surface area contributed by atoms with E-state index in [0.29, 0.717) is 5.69 Å². The number of carbonyl (C=O) groups is 2. The Bertz CT molecular complexity index is 1280. The summed E-state index contributed by atoms with van der Waals surface area (Å²) in [6.07, 6.45) is 0.922. The molecule has 1 amide bonds. The summed E-state index contributed by atoms with van der Waals surface area (Å²) in [6, 6.07) is 25.9. The molecule has 0 radical (unpaired) electrons. The third kappa shape index (κ3) is 5.66. The van der Waals surface area contributed by atoms with Crippen LogP contribution < -0.4 is 5.32 Å². The van der Waals surface area contributed by atoms with Crippen molar-refractivity contribution in [2.75, 3.05) is 5.32 Å². The van der Waals surface area contributed by atoms with Crippen LogP contribution in [0, 0.1) is 6.92 Å². The molecule has 0 fully saturated rings. The molecule has 1 aromatic heterocycles. The quantitative estimate of drug-likeness (QED) is 0.259. The Kier molecular flexibility index (Phi) is 7.73. The zero-order chi connectivity index (χ0) is 24.8. The predicted octanol–water partition coefficient (Wildman–Crippen LogP) is 7.79. The molecule has 6 heteroatoms. The highest BCUT2D eigenvalue weighted by Gasteiger charge is 2.18. The summed E-state index contributed by atoms with van der Waals surface area (Å²) in [4.78, 5) is 24.7. The number of nitrogens with zero attached hydrogens (tertiary/aromatic N) is 1. The van der Waals surface area contributed by atoms with Crippen LogP contribution in [-0.2, 0) is 9.53 Å². The number of rotatable bonds is 8. The number of hydrogen-bond donors (Lipinski definition) is 1. The molecule has 0 saturated heterocycles. The zero-order valence-corrected chi connectivity index (χ0v) is 20.8. The van der Waals surface area contributed by atoms with Gasteiger partial charge in [-0.1, -0.05) is 85.8 Å². The van der Waals surface area contributed by atoms with E-state index in [9.17, 15) is 9.59 Å². The van der Waals surface area contributed by atoms with Crippen LogP contribution in [0.3, 0.4) is 0 Å². The third-order valence-electron chi connectivity index (χ3n) is 6.07. The number of benzene rings is 3. The van der Waals surface area contributed by atoms with Crippen LogP contribution in [0.1, 0.15) is 49.1 Å². The van der Waals surface area contributed by atoms with Crippen LogP contribution in [-0.4, -0.2) is 16.8 Å². The monoisotopic (exact) mass is 484 g/mol. The lowest BCUT2D eigenvalue weighted by molar-refractivity contribution is -0.109. The Labute approximate surface area is 210 Å². The van der Waals surface area contributed by atoms with Crippen molar-refractivity contribution in [3.05, 3.63) is 95.7 Å². The fourth-order valence-electron chi connectivity index (χ4n) is 3.95. The van der Waals surface area contributed by atoms with Gasteiger partial charge in [-0.15, -0.1) is 0 Å². The van der Waals surface area contributed by atoms with Gasteiger partial charge in [-0.25, -0.2) is 4.79 Å². The maximum atomic E-state index is 12.6. The van der Waals surface area contributed by atoms with Gasteiger partial charge in [0.15, 0.2) is 0 Å². The molecule has 3 aromatic carbocycles. The van der Waals surface area contributed by atoms with E-state index >= 15 is 0 Å². The summed E-state index contributed by atoms with van der Waals surface area (Å²) in [5.74, 6) is -0.0608. The molecule has 1 heterocycles. The molecule has 178 valence electrons. The second-order valence-corrected chi connectivity index (χ2v) is 9.18. The van der Waals surface area contributed by atoms with Crippen molar-refractivity contribution in [1.29, 1.82) is 0 Å². The molecule has 4 rings (SSSR count). The molecule has 0 saturated carbocycles. The van der Waals surface area contributed by atoms with Crippen molar-refractivity contribution < 1.29 is 14.3 Å². The van der Waals surface area contributed by atoms with Gasteiger partial charge in [-0.05, 0) is 59.6 Å². The summed E-state index contributed by atoms with van der Waals surface area (Å²) in [7, 11) is 0. The van der Waals surface area contributed by atoms with Crippen molar-refractivity contribution in [2.24, 2.45) is 0 Å². The minimum absolute atomic E-state index is 0.0608. The number of amides is 1. The van der Waals surface area contributed by atoms with Gasteiger partial charge in [0.1, 0.15) is 12.4 Å². The maximum absolute atomic E-state index is 12.6. The first-order valence-electron chi connectivity index (χ1n) is 11.6. The van der Waals surface area contributed by atoms with Crippen molar-refractivity contribution in [2.45, 2.75) is 39.2 Å². The summed E-state index contributed by atoms with van der Waals surface area (Å²) in [5.41, 5.74) is 6.50. The molecule has 2 atom stereocenters. The van der Waals surface area contributed by atoms with Crippen LogP contribution >= 0.6 is 11.5 Å². The summed E-state index contributed by atoms with van der Waals surface area (Å²) >= 11 is 1.34. The molecule has 35 heavy (non-hydrogen) atoms. The van der Waals surface area contributed by atoms with Crippen LogP contribution in [0.4, 0.5) is 10.5 Å². The van der Waals surface area contributed by atoms with E-state index in [4.69, 9.17) is 4.74 Å². The largest absolute Gasteiger partial charge is 0.441 e. The molecule has 0 aliphatic heterocycles. The lowest BCUT2D eigenvalue weighted by Crippen LogP contribution is -2.16. The number of carbonyl (C=O) groups excluding carboxylic acids is 2. The summed E-state index contributed by atoms with van der Waals surface area (Å²) in [6.45, 7) is 5.73. The zero-order valence-electron chi connectivity index (χ0n) is 20.0. The Hall–Kier alpha value is -3.77. The van der Waals surface area contributed by atoms with E-state index < -0.39 is 6.09 Å². The van der Waals surface area contributed by atoms with Crippen LogP contribution in [0.5, 0.6) is 0 Å². The summed E-state index contributed by atoms with van der Waals surface area (Å²) in [5, 5.41) is 2.89. The fourth-order valence-corrected chi connectivity index (χ4v) is 4.80. The molecule has 0 aliphatic rings. The van der Waals surface area contributed by atoms with E-state index in [-0.39, 0.29) is 12.0 Å². The SMILES string of the molecule is CC[C@H](C=O)c1ccc(-c2ccc(-c3snc(C)c3NC(=O)O[C@H](C)c3ccccc3)cc2)cc1. The van der Waals surface area contributed by atoms with Crippen molar-refractivity contribution in [3.8, 4) is 21.6 Å². The van der Waals surface area contributed by atoms with Crippen molar-refractivity contribution in [1.82, 2.24) is 4.37 Å². The highest BCUT2D eigenvalue weighted by atomic mass is 32.1. The molecule has 0 unspecified atom stereocenters. The first-order chi connectivity index (χ1) is 17.0. The fraction of sp³-hybridized carbons (Fsp3) is 0.207. The minimum atomic E-state index is -0.511. The average molecular weight is 485 g/mol. The van der Waals surface area contributed by atoms with Crippen LogP contribution in [0.15, 0.2) is 78.9 Å². The molecule has 0 spiro atoms. The molecular formula is C29H28N2O3S. The highest BCUT2D eigenvalue weighted by molar-refractivity contribution is 7.10. The number of aromatic nitrogens is 1. The standard InChI is InChI=1S/C29H28N2O3S/c1-4-21(18-32)23-10-12-24(13-11-23)25-14-16-26(17-15-25)28-27(19(2)31-35-28)30-29(33)34-20(3)22-8-6-5-7-9-22/h5-18,20-21H,4H2,1-3H3,(H,30,33)/t20-,21-/m1/s1. The van der Waals surface area contributed by atoms with Gasteiger partial charge in [0.2, 0.25) is 0 Å². The predicted molar refractivity (Wildman–Crippen MR) is 142 cm³/mol. The van der Waals surface area contributed by atoms with Gasteiger partial charge in [0, 0.05) is 5.92 Å². The van der Waals surface area contributed by atoms with E-state index in [1.165, 1.54) is 11.5 Å². The van der Waals surface area contributed by atoms with E-state index in [2.05, 4.69) is 21.8 Å². The van der Waals surface area contributed by atoms with Gasteiger partial charge < -0.3 is 9.53 Å². The number of hydrogen-bond acceptors (Lipinski definition) is 5. The molecule has 1 N–H and O–H groups in total. The van der Waals surface area contributed by atoms with Gasteiger partial charge in [0.25, 0.3) is 0 Å². The van der Waals surface area contributed by atoms with E-state index in [1.54, 1.807) is 0 Å². The van der Waals surface area contributed by atoms with Crippen LogP contribution in [0.2, 0.25) is 0 Å². The second kappa shape index (κ2) is 11.1. The van der Waals surface area contributed by atoms with E-state index in [0.717, 1.165) is 51.1 Å². The Morgan fingerprint density at radius 3 is 2.14 bits per heavy atom. The normalized spacial score (nSPS) is 12.5. The Balaban J connectivity index is 1.48. The average Bonchev–Trinajstić information content (AvgIpc) is 3.25. The number of ether oxygens (including phenoxy) is 1. The lowest BCUT2D eigenvalue weighted by atomic mass is 9.95. The number of aldehydes is 1. The first-order valence-corrected chi connectivity index (χ1v) is 12.4. The number of anilines is 1. The smallest absolute Gasteiger partial charge is 0.412 e. The Morgan fingerprint density at radius 1 is 0.943 bits per heavy atom. The second-order valence-electron chi connectivity index (χ2n) is 8.41. The van der Waals surface area contributed by atoms with Gasteiger partial charge >= 0.3 is 6.09 Å². The number of nitrogens with one attached hydrogen (secondary N) is 1. The first kappa shape index (κ1) is 24.4. The molecule has 0 bridgehead atoms. The van der Waals surface area contributed by atoms with Gasteiger partial charge in [-0.3, -0.25) is 5.32 Å². The van der Waals surface area contributed by atoms with Crippen LogP contribution in [0.25, 0.3) is 21.6 Å². The highest BCUT2D eigenvalue weighted by Crippen LogP contribution is 2.36. The molecular weight excluding hydrogens is 456 g/mol. The van der Waals surface area contributed by atoms with E-state index in [1.807, 2.05) is 87.5 Å². The topological polar surface area (TPSA) is 68.3 Å². The summed E-state index contributed by atoms with van der Waals surface area (Å²) < 4.78 is 10.0. The van der Waals surface area contributed by atoms with Gasteiger partial charge in [0.05, 0.1) is 16.3 Å². The van der Waals surface area contributed by atoms with Gasteiger partial charge in [-0.2, -0.15) is 4.37 Å². The Morgan fingerprint density at radius 2 is 1.54 bits per heavy atom. The minimum Gasteiger partial charge on any atom is -0.441 e. The lowest BCUT2D eigenvalue weighted by Gasteiger charge is -2.15. The molecule has 0 aliphatic carbocycles.